The predicted molar refractivity (Wildman–Crippen MR) is 240 cm³/mol. The van der Waals surface area contributed by atoms with Crippen molar-refractivity contribution in [1.82, 2.24) is 0 Å². The van der Waals surface area contributed by atoms with Crippen LogP contribution >= 0.6 is 0 Å². The van der Waals surface area contributed by atoms with E-state index in [1.807, 2.05) is 165 Å². The second kappa shape index (κ2) is 18.7. The van der Waals surface area contributed by atoms with Gasteiger partial charge in [-0.25, -0.2) is 9.59 Å². The highest BCUT2D eigenvalue weighted by atomic mass is 16.7. The fourth-order valence-corrected chi connectivity index (χ4v) is 7.13. The average Bonchev–Trinajstić information content (AvgIpc) is 3.28. The molecule has 0 saturated heterocycles. The van der Waals surface area contributed by atoms with E-state index in [2.05, 4.69) is 39.2 Å². The van der Waals surface area contributed by atoms with Gasteiger partial charge in [0.1, 0.15) is 11.4 Å². The Labute approximate surface area is 349 Å². The molecule has 0 aliphatic heterocycles. The van der Waals surface area contributed by atoms with Crippen molar-refractivity contribution in [1.29, 1.82) is 0 Å². The number of nitrogens with zero attached hydrogens (tertiary/aromatic N) is 4. The van der Waals surface area contributed by atoms with Gasteiger partial charge in [0.15, 0.2) is 5.78 Å². The van der Waals surface area contributed by atoms with E-state index in [0.29, 0.717) is 22.6 Å². The Balaban J connectivity index is 1.49. The van der Waals surface area contributed by atoms with E-state index in [4.69, 9.17) is 9.68 Å². The van der Waals surface area contributed by atoms with E-state index in [1.54, 1.807) is 0 Å². The third kappa shape index (κ3) is 9.22. The number of rotatable bonds is 14. The topological polar surface area (TPSA) is 101 Å². The smallest absolute Gasteiger partial charge is 0.332 e. The van der Waals surface area contributed by atoms with Gasteiger partial charge < -0.3 is 19.5 Å². The zero-order valence-corrected chi connectivity index (χ0v) is 33.9. The molecule has 7 rings (SSSR count). The third-order valence-corrected chi connectivity index (χ3v) is 9.87. The summed E-state index contributed by atoms with van der Waals surface area (Å²) in [5.41, 5.74) is 8.44. The number of carbonyl (C=O) groups excluding carboxylic acids is 3. The molecule has 7 aromatic carbocycles. The minimum Gasteiger partial charge on any atom is -0.374 e. The maximum Gasteiger partial charge on any atom is 0.332 e. The molecule has 0 aliphatic carbocycles. The maximum absolute atomic E-state index is 13.6. The summed E-state index contributed by atoms with van der Waals surface area (Å²) in [7, 11) is 2.03. The maximum atomic E-state index is 13.6. The van der Waals surface area contributed by atoms with Crippen LogP contribution < -0.4 is 9.80 Å². The summed E-state index contributed by atoms with van der Waals surface area (Å²) in [6, 6.07) is 54.3. The first-order valence-electron chi connectivity index (χ1n) is 19.7. The molecule has 0 aliphatic rings. The number of ketones is 1. The largest absolute Gasteiger partial charge is 0.374 e. The molecular formula is C51H44N4O5. The number of carbonyl (C=O) groups is 3. The van der Waals surface area contributed by atoms with Crippen LogP contribution in [-0.4, -0.2) is 42.7 Å². The standard InChI is InChI=1S/C51H44N4O5/c1-5-31-54(4)47-34-44(29-30-46(47)50(53-60-36(3)57)38-19-11-7-12-20-38)55(43-27-25-40(26-28-43)51(58)39-21-13-8-14-22-39)48-33-42(32-41-23-15-16-24-45(41)48)49(52-59-35(2)56)37-17-9-6-10-18-37/h6-30,32-34H,5,31H2,1-4H3/b52-49-,53-50-. The van der Waals surface area contributed by atoms with E-state index in [-0.39, 0.29) is 5.78 Å². The van der Waals surface area contributed by atoms with Crippen molar-refractivity contribution < 1.29 is 24.1 Å². The molecule has 9 heteroatoms. The molecule has 0 radical (unpaired) electrons. The van der Waals surface area contributed by atoms with E-state index in [0.717, 1.165) is 68.7 Å². The summed E-state index contributed by atoms with van der Waals surface area (Å²) >= 11 is 0. The highest BCUT2D eigenvalue weighted by Crippen LogP contribution is 2.42. The van der Waals surface area contributed by atoms with Gasteiger partial charge in [-0.05, 0) is 66.4 Å². The lowest BCUT2D eigenvalue weighted by Crippen LogP contribution is -2.22. The van der Waals surface area contributed by atoms with Crippen molar-refractivity contribution in [3.05, 3.63) is 203 Å². The molecule has 0 unspecified atom stereocenters. The second-order valence-electron chi connectivity index (χ2n) is 14.2. The molecule has 0 N–H and O–H groups in total. The van der Waals surface area contributed by atoms with E-state index in [1.165, 1.54) is 13.8 Å². The van der Waals surface area contributed by atoms with E-state index >= 15 is 0 Å². The fraction of sp³-hybridized carbons (Fsp3) is 0.118. The second-order valence-corrected chi connectivity index (χ2v) is 14.2. The molecule has 0 heterocycles. The monoisotopic (exact) mass is 792 g/mol. The fourth-order valence-electron chi connectivity index (χ4n) is 7.13. The molecule has 0 amide bonds. The summed E-state index contributed by atoms with van der Waals surface area (Å²) in [5.74, 6) is -1.14. The first-order chi connectivity index (χ1) is 29.2. The summed E-state index contributed by atoms with van der Waals surface area (Å²) in [5, 5.41) is 10.6. The van der Waals surface area contributed by atoms with Crippen molar-refractivity contribution in [2.24, 2.45) is 10.3 Å². The Morgan fingerprint density at radius 2 is 1.03 bits per heavy atom. The molecule has 0 saturated carbocycles. The van der Waals surface area contributed by atoms with Gasteiger partial charge in [-0.2, -0.15) is 0 Å². The molecule has 60 heavy (non-hydrogen) atoms. The molecule has 0 fully saturated rings. The van der Waals surface area contributed by atoms with Crippen LogP contribution in [0.5, 0.6) is 0 Å². The molecule has 0 atom stereocenters. The Bertz CT molecular complexity index is 2700. The number of hydrogen-bond donors (Lipinski definition) is 0. The number of fused-ring (bicyclic) bond motifs is 1. The van der Waals surface area contributed by atoms with Crippen LogP contribution in [0.1, 0.15) is 65.4 Å². The predicted octanol–water partition coefficient (Wildman–Crippen LogP) is 11.0. The van der Waals surface area contributed by atoms with E-state index < -0.39 is 11.9 Å². The van der Waals surface area contributed by atoms with E-state index in [9.17, 15) is 14.4 Å². The van der Waals surface area contributed by atoms with Crippen LogP contribution in [0.15, 0.2) is 180 Å². The molecule has 0 bridgehead atoms. The van der Waals surface area contributed by atoms with Crippen LogP contribution in [0.2, 0.25) is 0 Å². The summed E-state index contributed by atoms with van der Waals surface area (Å²) in [6.45, 7) is 5.50. The van der Waals surface area contributed by atoms with Gasteiger partial charge in [0.05, 0.1) is 5.69 Å². The first-order valence-corrected chi connectivity index (χ1v) is 19.7. The van der Waals surface area contributed by atoms with Gasteiger partial charge in [-0.1, -0.05) is 132 Å². The van der Waals surface area contributed by atoms with Gasteiger partial charge in [0.25, 0.3) is 0 Å². The number of hydrogen-bond acceptors (Lipinski definition) is 9. The van der Waals surface area contributed by atoms with Gasteiger partial charge in [0.2, 0.25) is 0 Å². The SMILES string of the molecule is CCCN(C)c1cc(N(c2ccc(C(=O)c3ccccc3)cc2)c2cc(/C(=N\OC(C)=O)c3ccccc3)cc3ccccc23)ccc1/C(=N\OC(C)=O)c1ccccc1. The van der Waals surface area contributed by atoms with Crippen LogP contribution in [0.3, 0.4) is 0 Å². The van der Waals surface area contributed by atoms with Crippen molar-refractivity contribution in [3.8, 4) is 0 Å². The first kappa shape index (κ1) is 40.5. The molecule has 0 spiro atoms. The summed E-state index contributed by atoms with van der Waals surface area (Å²) in [4.78, 5) is 52.7. The van der Waals surface area contributed by atoms with Gasteiger partial charge >= 0.3 is 11.9 Å². The van der Waals surface area contributed by atoms with Crippen molar-refractivity contribution in [3.63, 3.8) is 0 Å². The normalized spacial score (nSPS) is 11.5. The van der Waals surface area contributed by atoms with Crippen LogP contribution in [0.25, 0.3) is 10.8 Å². The highest BCUT2D eigenvalue weighted by Gasteiger charge is 2.23. The molecular weight excluding hydrogens is 749 g/mol. The number of benzene rings is 7. The Morgan fingerprint density at radius 1 is 0.517 bits per heavy atom. The lowest BCUT2D eigenvalue weighted by Gasteiger charge is -2.30. The molecule has 298 valence electrons. The third-order valence-electron chi connectivity index (χ3n) is 9.87. The van der Waals surface area contributed by atoms with Crippen LogP contribution in [0.4, 0.5) is 22.7 Å². The van der Waals surface area contributed by atoms with Gasteiger partial charge in [0, 0.05) is 83.3 Å². The minimum atomic E-state index is -0.535. The average molecular weight is 793 g/mol. The number of anilines is 4. The number of oxime groups is 2. The summed E-state index contributed by atoms with van der Waals surface area (Å²) in [6.07, 6.45) is 0.874. The lowest BCUT2D eigenvalue weighted by molar-refractivity contribution is -0.141. The van der Waals surface area contributed by atoms with Crippen LogP contribution in [-0.2, 0) is 19.3 Å². The highest BCUT2D eigenvalue weighted by molar-refractivity contribution is 6.18. The van der Waals surface area contributed by atoms with Crippen molar-refractivity contribution in [2.45, 2.75) is 27.2 Å². The minimum absolute atomic E-state index is 0.0799. The Kier molecular flexibility index (Phi) is 12.7. The quantitative estimate of drug-likeness (QED) is 0.0468. The van der Waals surface area contributed by atoms with Crippen molar-refractivity contribution >= 4 is 62.7 Å². The van der Waals surface area contributed by atoms with Crippen molar-refractivity contribution in [2.75, 3.05) is 23.4 Å². The van der Waals surface area contributed by atoms with Gasteiger partial charge in [-0.15, -0.1) is 0 Å². The van der Waals surface area contributed by atoms with Gasteiger partial charge in [-0.3, -0.25) is 4.79 Å². The zero-order valence-electron chi connectivity index (χ0n) is 33.9. The molecule has 9 nitrogen and oxygen atoms in total. The molecule has 7 aromatic rings. The Morgan fingerprint density at radius 3 is 1.63 bits per heavy atom. The zero-order chi connectivity index (χ0) is 42.0. The Hall–Kier alpha value is -7.65. The van der Waals surface area contributed by atoms with Crippen LogP contribution in [0, 0.1) is 0 Å². The lowest BCUT2D eigenvalue weighted by atomic mass is 9.96. The summed E-state index contributed by atoms with van der Waals surface area (Å²) < 4.78 is 0. The molecule has 0 aromatic heterocycles.